The highest BCUT2D eigenvalue weighted by Gasteiger charge is 2.18. The SMILES string of the molecule is CC(C)(C)c1cc(-c2cc(-c3cccc4occc34)ccn2)cc2ccccc12. The summed E-state index contributed by atoms with van der Waals surface area (Å²) in [5, 5.41) is 3.68. The second kappa shape index (κ2) is 6.59. The standard InChI is InChI=1S/C27H23NO/c1-27(2,3)24-16-20(15-18-7-4-5-8-22(18)24)25-17-19(11-13-28-25)21-9-6-10-26-23(21)12-14-29-26/h4-17H,1-3H3. The molecule has 0 amide bonds. The molecule has 0 radical (unpaired) electrons. The smallest absolute Gasteiger partial charge is 0.134 e. The van der Waals surface area contributed by atoms with Crippen LogP contribution in [0.15, 0.2) is 89.7 Å². The predicted molar refractivity (Wildman–Crippen MR) is 121 cm³/mol. The molecule has 5 aromatic rings. The van der Waals surface area contributed by atoms with Crippen LogP contribution in [0.5, 0.6) is 0 Å². The van der Waals surface area contributed by atoms with Crippen LogP contribution in [-0.4, -0.2) is 4.98 Å². The van der Waals surface area contributed by atoms with E-state index in [1.165, 1.54) is 16.3 Å². The molecule has 142 valence electrons. The van der Waals surface area contributed by atoms with Gasteiger partial charge in [-0.25, -0.2) is 0 Å². The zero-order valence-corrected chi connectivity index (χ0v) is 16.9. The van der Waals surface area contributed by atoms with Crippen molar-refractivity contribution < 1.29 is 4.42 Å². The fourth-order valence-electron chi connectivity index (χ4n) is 4.08. The van der Waals surface area contributed by atoms with E-state index in [4.69, 9.17) is 9.40 Å². The van der Waals surface area contributed by atoms with Gasteiger partial charge < -0.3 is 4.42 Å². The van der Waals surface area contributed by atoms with Crippen LogP contribution >= 0.6 is 0 Å². The molecule has 0 aliphatic heterocycles. The summed E-state index contributed by atoms with van der Waals surface area (Å²) in [6, 6.07) is 25.6. The maximum atomic E-state index is 5.58. The van der Waals surface area contributed by atoms with Gasteiger partial charge in [0.25, 0.3) is 0 Å². The minimum Gasteiger partial charge on any atom is -0.464 e. The largest absolute Gasteiger partial charge is 0.464 e. The summed E-state index contributed by atoms with van der Waals surface area (Å²) in [7, 11) is 0. The number of benzene rings is 3. The van der Waals surface area contributed by atoms with Crippen molar-refractivity contribution in [2.45, 2.75) is 26.2 Å². The molecule has 0 aliphatic rings. The average Bonchev–Trinajstić information content (AvgIpc) is 3.21. The van der Waals surface area contributed by atoms with Crippen LogP contribution in [0.3, 0.4) is 0 Å². The summed E-state index contributed by atoms with van der Waals surface area (Å²) in [4.78, 5) is 4.71. The van der Waals surface area contributed by atoms with Crippen molar-refractivity contribution in [2.24, 2.45) is 0 Å². The lowest BCUT2D eigenvalue weighted by atomic mass is 9.82. The molecule has 3 aromatic carbocycles. The second-order valence-corrected chi connectivity index (χ2v) is 8.56. The lowest BCUT2D eigenvalue weighted by Gasteiger charge is -2.22. The summed E-state index contributed by atoms with van der Waals surface area (Å²) in [6.07, 6.45) is 3.64. The topological polar surface area (TPSA) is 26.0 Å². The number of pyridine rings is 1. The Labute approximate surface area is 170 Å². The lowest BCUT2D eigenvalue weighted by molar-refractivity contribution is 0.596. The van der Waals surface area contributed by atoms with Gasteiger partial charge in [0.2, 0.25) is 0 Å². The zero-order valence-electron chi connectivity index (χ0n) is 16.9. The van der Waals surface area contributed by atoms with Gasteiger partial charge >= 0.3 is 0 Å². The number of fused-ring (bicyclic) bond motifs is 2. The third-order valence-electron chi connectivity index (χ3n) is 5.53. The van der Waals surface area contributed by atoms with Gasteiger partial charge in [-0.2, -0.15) is 0 Å². The van der Waals surface area contributed by atoms with E-state index in [1.807, 2.05) is 24.4 Å². The van der Waals surface area contributed by atoms with Gasteiger partial charge in [-0.3, -0.25) is 4.98 Å². The van der Waals surface area contributed by atoms with Crippen molar-refractivity contribution in [1.82, 2.24) is 4.98 Å². The molecule has 0 saturated carbocycles. The van der Waals surface area contributed by atoms with E-state index in [1.54, 1.807) is 6.26 Å². The first-order valence-corrected chi connectivity index (χ1v) is 9.97. The van der Waals surface area contributed by atoms with E-state index in [9.17, 15) is 0 Å². The molecule has 0 N–H and O–H groups in total. The number of nitrogens with zero attached hydrogens (tertiary/aromatic N) is 1. The van der Waals surface area contributed by atoms with E-state index in [0.29, 0.717) is 0 Å². The Kier molecular flexibility index (Phi) is 4.02. The van der Waals surface area contributed by atoms with Crippen LogP contribution in [-0.2, 0) is 5.41 Å². The van der Waals surface area contributed by atoms with Crippen LogP contribution in [0.25, 0.3) is 44.1 Å². The zero-order chi connectivity index (χ0) is 20.0. The molecule has 2 nitrogen and oxygen atoms in total. The van der Waals surface area contributed by atoms with Crippen molar-refractivity contribution in [3.8, 4) is 22.4 Å². The van der Waals surface area contributed by atoms with E-state index >= 15 is 0 Å². The molecule has 0 saturated heterocycles. The van der Waals surface area contributed by atoms with E-state index in [-0.39, 0.29) is 5.41 Å². The van der Waals surface area contributed by atoms with Crippen molar-refractivity contribution >= 4 is 21.7 Å². The van der Waals surface area contributed by atoms with Gasteiger partial charge in [-0.05, 0) is 69.3 Å². The van der Waals surface area contributed by atoms with Crippen LogP contribution in [0.1, 0.15) is 26.3 Å². The molecule has 0 spiro atoms. The summed E-state index contributed by atoms with van der Waals surface area (Å²) < 4.78 is 5.58. The molecule has 2 heterocycles. The molecule has 0 bridgehead atoms. The molecule has 29 heavy (non-hydrogen) atoms. The van der Waals surface area contributed by atoms with Gasteiger partial charge in [0.05, 0.1) is 12.0 Å². The molecular weight excluding hydrogens is 354 g/mol. The number of aromatic nitrogens is 1. The van der Waals surface area contributed by atoms with Gasteiger partial charge in [0.15, 0.2) is 0 Å². The van der Waals surface area contributed by atoms with Crippen molar-refractivity contribution in [1.29, 1.82) is 0 Å². The molecule has 0 atom stereocenters. The van der Waals surface area contributed by atoms with E-state index < -0.39 is 0 Å². The number of hydrogen-bond donors (Lipinski definition) is 0. The van der Waals surface area contributed by atoms with Crippen molar-refractivity contribution in [3.05, 3.63) is 90.8 Å². The maximum Gasteiger partial charge on any atom is 0.134 e. The quantitative estimate of drug-likeness (QED) is 0.316. The van der Waals surface area contributed by atoms with Crippen LogP contribution in [0.2, 0.25) is 0 Å². The Balaban J connectivity index is 1.70. The van der Waals surface area contributed by atoms with E-state index in [0.717, 1.165) is 33.4 Å². The number of hydrogen-bond acceptors (Lipinski definition) is 2. The van der Waals surface area contributed by atoms with Gasteiger partial charge in [0, 0.05) is 17.1 Å². The first-order chi connectivity index (χ1) is 14.0. The number of rotatable bonds is 2. The van der Waals surface area contributed by atoms with Crippen LogP contribution in [0.4, 0.5) is 0 Å². The molecule has 0 fully saturated rings. The second-order valence-electron chi connectivity index (χ2n) is 8.56. The summed E-state index contributed by atoms with van der Waals surface area (Å²) in [6.45, 7) is 6.80. The Morgan fingerprint density at radius 3 is 2.48 bits per heavy atom. The highest BCUT2D eigenvalue weighted by atomic mass is 16.3. The minimum atomic E-state index is 0.0512. The molecule has 0 unspecified atom stereocenters. The summed E-state index contributed by atoms with van der Waals surface area (Å²) in [5.74, 6) is 0. The van der Waals surface area contributed by atoms with Crippen LogP contribution in [0, 0.1) is 0 Å². The Morgan fingerprint density at radius 2 is 1.62 bits per heavy atom. The molecule has 0 aliphatic carbocycles. The van der Waals surface area contributed by atoms with Gasteiger partial charge in [-0.1, -0.05) is 57.2 Å². The average molecular weight is 377 g/mol. The first-order valence-electron chi connectivity index (χ1n) is 9.97. The monoisotopic (exact) mass is 377 g/mol. The summed E-state index contributed by atoms with van der Waals surface area (Å²) >= 11 is 0. The normalized spacial score (nSPS) is 12.0. The predicted octanol–water partition coefficient (Wildman–Crippen LogP) is 7.61. The molecular formula is C27H23NO. The fourth-order valence-corrected chi connectivity index (χ4v) is 4.08. The van der Waals surface area contributed by atoms with Crippen molar-refractivity contribution in [3.63, 3.8) is 0 Å². The third kappa shape index (κ3) is 3.11. The van der Waals surface area contributed by atoms with Gasteiger partial charge in [-0.15, -0.1) is 0 Å². The fraction of sp³-hybridized carbons (Fsp3) is 0.148. The molecule has 2 heteroatoms. The van der Waals surface area contributed by atoms with E-state index in [2.05, 4.69) is 75.4 Å². The number of furan rings is 1. The van der Waals surface area contributed by atoms with Gasteiger partial charge in [0.1, 0.15) is 5.58 Å². The Morgan fingerprint density at radius 1 is 0.759 bits per heavy atom. The Hall–Kier alpha value is -3.39. The maximum absolute atomic E-state index is 5.58. The molecule has 5 rings (SSSR count). The first kappa shape index (κ1) is 17.7. The highest BCUT2D eigenvalue weighted by molar-refractivity contribution is 5.95. The Bertz CT molecular complexity index is 1340. The minimum absolute atomic E-state index is 0.0512. The molecule has 2 aromatic heterocycles. The van der Waals surface area contributed by atoms with Crippen LogP contribution < -0.4 is 0 Å². The summed E-state index contributed by atoms with van der Waals surface area (Å²) in [5.41, 5.74) is 6.74. The van der Waals surface area contributed by atoms with Crippen molar-refractivity contribution in [2.75, 3.05) is 0 Å². The third-order valence-corrected chi connectivity index (χ3v) is 5.53. The lowest BCUT2D eigenvalue weighted by Crippen LogP contribution is -2.12. The highest BCUT2D eigenvalue weighted by Crippen LogP contribution is 2.36.